The molecule has 2 nitrogen and oxygen atoms in total. The predicted molar refractivity (Wildman–Crippen MR) is 57.6 cm³/mol. The Balaban J connectivity index is 2.56. The lowest BCUT2D eigenvalue weighted by atomic mass is 10.2. The molecular weight excluding hydrogens is 176 g/mol. The van der Waals surface area contributed by atoms with Gasteiger partial charge in [-0.3, -0.25) is 0 Å². The number of aryl methyl sites for hydroxylation is 1. The molecule has 0 saturated heterocycles. The van der Waals surface area contributed by atoms with Crippen molar-refractivity contribution >= 4 is 0 Å². The Bertz CT molecular complexity index is 266. The van der Waals surface area contributed by atoms with E-state index in [1.54, 1.807) is 0 Å². The van der Waals surface area contributed by atoms with Crippen LogP contribution in [0.2, 0.25) is 0 Å². The molecule has 0 bridgehead atoms. The fraction of sp³-hybridized carbons (Fsp3) is 0.500. The molecule has 2 unspecified atom stereocenters. The summed E-state index contributed by atoms with van der Waals surface area (Å²) in [6, 6.07) is 7.85. The summed E-state index contributed by atoms with van der Waals surface area (Å²) in [5.41, 5.74) is 1.21. The lowest BCUT2D eigenvalue weighted by Gasteiger charge is -2.19. The molecule has 1 N–H and O–H groups in total. The van der Waals surface area contributed by atoms with Gasteiger partial charge in [0.05, 0.1) is 6.10 Å². The van der Waals surface area contributed by atoms with Crippen LogP contribution >= 0.6 is 0 Å². The smallest absolute Gasteiger partial charge is 0.122 e. The molecule has 1 aromatic carbocycles. The molecular formula is C12H18O2. The summed E-state index contributed by atoms with van der Waals surface area (Å²) in [6.07, 6.45) is 0.173. The van der Waals surface area contributed by atoms with Crippen LogP contribution in [-0.2, 0) is 0 Å². The molecule has 2 atom stereocenters. The zero-order valence-electron chi connectivity index (χ0n) is 9.03. The minimum atomic E-state index is -0.392. The average molecular weight is 194 g/mol. The maximum absolute atomic E-state index is 9.52. The fourth-order valence-electron chi connectivity index (χ4n) is 1.24. The van der Waals surface area contributed by atoms with Crippen LogP contribution in [0.25, 0.3) is 0 Å². The molecule has 1 rings (SSSR count). The van der Waals surface area contributed by atoms with E-state index in [2.05, 4.69) is 0 Å². The van der Waals surface area contributed by atoms with Gasteiger partial charge in [-0.25, -0.2) is 0 Å². The minimum absolute atomic E-state index is 0.150. The highest BCUT2D eigenvalue weighted by molar-refractivity contribution is 5.26. The molecule has 14 heavy (non-hydrogen) atoms. The zero-order valence-corrected chi connectivity index (χ0v) is 9.03. The topological polar surface area (TPSA) is 29.5 Å². The van der Waals surface area contributed by atoms with Crippen LogP contribution in [0.4, 0.5) is 0 Å². The summed E-state index contributed by atoms with van der Waals surface area (Å²) in [7, 11) is 0. The Morgan fingerprint density at radius 3 is 2.36 bits per heavy atom. The number of aliphatic hydroxyl groups excluding tert-OH is 1. The summed E-state index contributed by atoms with van der Waals surface area (Å²) in [5.74, 6) is 0.815. The molecule has 0 fully saturated rings. The molecule has 0 aliphatic carbocycles. The number of ether oxygens (including phenoxy) is 1. The van der Waals surface area contributed by atoms with E-state index in [9.17, 15) is 5.11 Å². The van der Waals surface area contributed by atoms with Crippen molar-refractivity contribution in [3.8, 4) is 5.75 Å². The van der Waals surface area contributed by atoms with Gasteiger partial charge in [0.1, 0.15) is 11.9 Å². The van der Waals surface area contributed by atoms with Crippen LogP contribution in [0, 0.1) is 6.92 Å². The highest BCUT2D eigenvalue weighted by Gasteiger charge is 2.12. The molecule has 0 saturated carbocycles. The molecule has 2 heteroatoms. The first kappa shape index (κ1) is 11.1. The largest absolute Gasteiger partial charge is 0.488 e. The van der Waals surface area contributed by atoms with E-state index in [4.69, 9.17) is 4.74 Å². The fourth-order valence-corrected chi connectivity index (χ4v) is 1.24. The first-order chi connectivity index (χ1) is 6.63. The van der Waals surface area contributed by atoms with E-state index < -0.39 is 6.10 Å². The molecule has 1 aromatic rings. The van der Waals surface area contributed by atoms with Gasteiger partial charge in [0.2, 0.25) is 0 Å². The second-order valence-electron chi connectivity index (χ2n) is 3.61. The van der Waals surface area contributed by atoms with Gasteiger partial charge in [-0.15, -0.1) is 0 Å². The Morgan fingerprint density at radius 2 is 1.86 bits per heavy atom. The first-order valence-corrected chi connectivity index (χ1v) is 5.05. The van der Waals surface area contributed by atoms with Gasteiger partial charge >= 0.3 is 0 Å². The lowest BCUT2D eigenvalue weighted by Crippen LogP contribution is -2.27. The summed E-state index contributed by atoms with van der Waals surface area (Å²) >= 11 is 0. The van der Waals surface area contributed by atoms with Crippen LogP contribution in [-0.4, -0.2) is 17.3 Å². The standard InChI is InChI=1S/C12H18O2/c1-4-12(13)10(3)14-11-7-5-9(2)6-8-11/h5-8,10,12-13H,4H2,1-3H3. The molecule has 0 amide bonds. The van der Waals surface area contributed by atoms with Gasteiger partial charge in [0, 0.05) is 0 Å². The van der Waals surface area contributed by atoms with Crippen molar-refractivity contribution in [2.75, 3.05) is 0 Å². The van der Waals surface area contributed by atoms with E-state index in [-0.39, 0.29) is 6.10 Å². The summed E-state index contributed by atoms with van der Waals surface area (Å²) < 4.78 is 5.57. The molecule has 0 aromatic heterocycles. The Morgan fingerprint density at radius 1 is 1.29 bits per heavy atom. The van der Waals surface area contributed by atoms with Gasteiger partial charge in [0.25, 0.3) is 0 Å². The number of benzene rings is 1. The van der Waals surface area contributed by atoms with Gasteiger partial charge in [-0.1, -0.05) is 24.6 Å². The van der Waals surface area contributed by atoms with Crippen molar-refractivity contribution in [2.45, 2.75) is 39.4 Å². The minimum Gasteiger partial charge on any atom is -0.488 e. The monoisotopic (exact) mass is 194 g/mol. The SMILES string of the molecule is CCC(O)C(C)Oc1ccc(C)cc1. The Hall–Kier alpha value is -1.02. The van der Waals surface area contributed by atoms with E-state index in [1.807, 2.05) is 45.0 Å². The van der Waals surface area contributed by atoms with E-state index in [0.29, 0.717) is 6.42 Å². The van der Waals surface area contributed by atoms with E-state index >= 15 is 0 Å². The van der Waals surface area contributed by atoms with Crippen molar-refractivity contribution in [3.05, 3.63) is 29.8 Å². The zero-order chi connectivity index (χ0) is 10.6. The second-order valence-corrected chi connectivity index (χ2v) is 3.61. The number of rotatable bonds is 4. The van der Waals surface area contributed by atoms with E-state index in [1.165, 1.54) is 5.56 Å². The van der Waals surface area contributed by atoms with Gasteiger partial charge in [-0.05, 0) is 32.4 Å². The van der Waals surface area contributed by atoms with Gasteiger partial charge < -0.3 is 9.84 Å². The third-order valence-electron chi connectivity index (χ3n) is 2.30. The summed E-state index contributed by atoms with van der Waals surface area (Å²) in [6.45, 7) is 5.86. The number of hydrogen-bond donors (Lipinski definition) is 1. The van der Waals surface area contributed by atoms with Crippen molar-refractivity contribution in [2.24, 2.45) is 0 Å². The van der Waals surface area contributed by atoms with Gasteiger partial charge in [-0.2, -0.15) is 0 Å². The molecule has 0 spiro atoms. The highest BCUT2D eigenvalue weighted by Crippen LogP contribution is 2.15. The highest BCUT2D eigenvalue weighted by atomic mass is 16.5. The van der Waals surface area contributed by atoms with Crippen molar-refractivity contribution in [1.29, 1.82) is 0 Å². The quantitative estimate of drug-likeness (QED) is 0.798. The van der Waals surface area contributed by atoms with Crippen LogP contribution in [0.1, 0.15) is 25.8 Å². The van der Waals surface area contributed by atoms with Crippen molar-refractivity contribution < 1.29 is 9.84 Å². The van der Waals surface area contributed by atoms with Crippen LogP contribution in [0.3, 0.4) is 0 Å². The summed E-state index contributed by atoms with van der Waals surface area (Å²) in [5, 5.41) is 9.52. The van der Waals surface area contributed by atoms with Crippen molar-refractivity contribution in [1.82, 2.24) is 0 Å². The first-order valence-electron chi connectivity index (χ1n) is 5.05. The van der Waals surface area contributed by atoms with Crippen LogP contribution in [0.15, 0.2) is 24.3 Å². The Labute approximate surface area is 85.5 Å². The van der Waals surface area contributed by atoms with Crippen molar-refractivity contribution in [3.63, 3.8) is 0 Å². The third kappa shape index (κ3) is 3.04. The molecule has 78 valence electrons. The van der Waals surface area contributed by atoms with Crippen LogP contribution in [0.5, 0.6) is 5.75 Å². The normalized spacial score (nSPS) is 14.9. The average Bonchev–Trinajstić information content (AvgIpc) is 2.20. The molecule has 0 aliphatic rings. The predicted octanol–water partition coefficient (Wildman–Crippen LogP) is 2.53. The second kappa shape index (κ2) is 5.01. The Kier molecular flexibility index (Phi) is 3.96. The maximum Gasteiger partial charge on any atom is 0.122 e. The van der Waals surface area contributed by atoms with Gasteiger partial charge in [0.15, 0.2) is 0 Å². The lowest BCUT2D eigenvalue weighted by molar-refractivity contribution is 0.0451. The number of hydrogen-bond acceptors (Lipinski definition) is 2. The molecule has 0 heterocycles. The third-order valence-corrected chi connectivity index (χ3v) is 2.30. The van der Waals surface area contributed by atoms with Crippen LogP contribution < -0.4 is 4.74 Å². The molecule has 0 aliphatic heterocycles. The van der Waals surface area contributed by atoms with E-state index in [0.717, 1.165) is 5.75 Å². The molecule has 0 radical (unpaired) electrons. The summed E-state index contributed by atoms with van der Waals surface area (Å²) in [4.78, 5) is 0. The maximum atomic E-state index is 9.52. The number of aliphatic hydroxyl groups is 1.